The summed E-state index contributed by atoms with van der Waals surface area (Å²) in [6.45, 7) is 7.41. The highest BCUT2D eigenvalue weighted by Crippen LogP contribution is 2.23. The van der Waals surface area contributed by atoms with E-state index in [2.05, 4.69) is 19.6 Å². The van der Waals surface area contributed by atoms with Gasteiger partial charge in [0.2, 0.25) is 0 Å². The molecule has 1 heterocycles. The van der Waals surface area contributed by atoms with Crippen molar-refractivity contribution in [2.75, 3.05) is 26.1 Å². The third-order valence-electron chi connectivity index (χ3n) is 4.00. The molecular formula is C19H27NO3. The lowest BCUT2D eigenvalue weighted by molar-refractivity contribution is -0.161. The number of ether oxygens (including phenoxy) is 3. The number of benzene rings is 1. The van der Waals surface area contributed by atoms with Crippen molar-refractivity contribution in [1.82, 2.24) is 0 Å². The van der Waals surface area contributed by atoms with Crippen molar-refractivity contribution in [2.45, 2.75) is 38.9 Å². The van der Waals surface area contributed by atoms with Crippen LogP contribution in [0, 0.1) is 0 Å². The van der Waals surface area contributed by atoms with E-state index in [1.54, 1.807) is 7.11 Å². The Balaban J connectivity index is 1.88. The molecule has 0 bridgehead atoms. The zero-order valence-corrected chi connectivity index (χ0v) is 14.1. The Morgan fingerprint density at radius 2 is 2.26 bits per heavy atom. The average molecular weight is 317 g/mol. The van der Waals surface area contributed by atoms with Gasteiger partial charge < -0.3 is 19.9 Å². The largest absolute Gasteiger partial charge is 0.497 e. The van der Waals surface area contributed by atoms with Crippen molar-refractivity contribution >= 4 is 17.5 Å². The van der Waals surface area contributed by atoms with E-state index in [0.717, 1.165) is 42.7 Å². The summed E-state index contributed by atoms with van der Waals surface area (Å²) in [5.41, 5.74) is 9.97. The second-order valence-electron chi connectivity index (χ2n) is 5.88. The minimum absolute atomic E-state index is 0.0269. The van der Waals surface area contributed by atoms with Gasteiger partial charge in [-0.2, -0.15) is 0 Å². The maximum absolute atomic E-state index is 6.12. The summed E-state index contributed by atoms with van der Waals surface area (Å²) >= 11 is 0. The van der Waals surface area contributed by atoms with Crippen LogP contribution in [0.4, 0.5) is 5.69 Å². The molecule has 0 aromatic heterocycles. The van der Waals surface area contributed by atoms with E-state index in [1.807, 2.05) is 18.2 Å². The Morgan fingerprint density at radius 3 is 2.91 bits per heavy atom. The first-order chi connectivity index (χ1) is 11.1. The molecule has 0 saturated carbocycles. The van der Waals surface area contributed by atoms with Gasteiger partial charge in [0, 0.05) is 17.9 Å². The fourth-order valence-corrected chi connectivity index (χ4v) is 2.53. The zero-order chi connectivity index (χ0) is 16.7. The second kappa shape index (κ2) is 8.75. The van der Waals surface area contributed by atoms with Crippen LogP contribution in [0.1, 0.15) is 43.7 Å². The molecule has 1 saturated heterocycles. The van der Waals surface area contributed by atoms with Gasteiger partial charge in [0.1, 0.15) is 5.76 Å². The highest BCUT2D eigenvalue weighted by molar-refractivity contribution is 5.71. The minimum atomic E-state index is -0.0269. The van der Waals surface area contributed by atoms with Crippen LogP contribution in [0.3, 0.4) is 0 Å². The van der Waals surface area contributed by atoms with Crippen molar-refractivity contribution in [3.63, 3.8) is 0 Å². The summed E-state index contributed by atoms with van der Waals surface area (Å²) in [5.74, 6) is 0.616. The number of nitrogens with two attached hydrogens (primary N) is 1. The van der Waals surface area contributed by atoms with Crippen molar-refractivity contribution in [1.29, 1.82) is 0 Å². The first kappa shape index (κ1) is 17.6. The third kappa shape index (κ3) is 5.41. The Morgan fingerprint density at radius 1 is 1.43 bits per heavy atom. The molecule has 2 N–H and O–H groups in total. The van der Waals surface area contributed by atoms with E-state index in [1.165, 1.54) is 12.0 Å². The van der Waals surface area contributed by atoms with Gasteiger partial charge in [-0.05, 0) is 44.2 Å². The van der Waals surface area contributed by atoms with Crippen molar-refractivity contribution in [3.8, 4) is 0 Å². The first-order valence-corrected chi connectivity index (χ1v) is 8.13. The van der Waals surface area contributed by atoms with E-state index in [9.17, 15) is 0 Å². The quantitative estimate of drug-likeness (QED) is 0.604. The highest BCUT2D eigenvalue weighted by atomic mass is 16.7. The molecule has 1 aromatic carbocycles. The van der Waals surface area contributed by atoms with E-state index in [0.29, 0.717) is 12.4 Å². The lowest BCUT2D eigenvalue weighted by Gasteiger charge is -2.22. The standard InChI is InChI=1S/C19H27NO3/c1-14(9-11-23-19-6-4-5-10-22-19)12-17-8-7-16(13-18(17)20)15(2)21-3/h7-8,12-13,19H,2,4-6,9-11,20H2,1,3H3/b14-12+. The van der Waals surface area contributed by atoms with E-state index < -0.39 is 0 Å². The van der Waals surface area contributed by atoms with Gasteiger partial charge in [-0.25, -0.2) is 0 Å². The first-order valence-electron chi connectivity index (χ1n) is 8.13. The van der Waals surface area contributed by atoms with Gasteiger partial charge in [0.15, 0.2) is 6.29 Å². The van der Waals surface area contributed by atoms with Gasteiger partial charge in [-0.1, -0.05) is 30.4 Å². The fourth-order valence-electron chi connectivity index (χ4n) is 2.53. The molecule has 23 heavy (non-hydrogen) atoms. The second-order valence-corrected chi connectivity index (χ2v) is 5.88. The molecule has 1 fully saturated rings. The summed E-state index contributed by atoms with van der Waals surface area (Å²) in [6, 6.07) is 5.84. The number of methoxy groups -OCH3 is 1. The monoisotopic (exact) mass is 317 g/mol. The van der Waals surface area contributed by atoms with Crippen LogP contribution in [0.5, 0.6) is 0 Å². The van der Waals surface area contributed by atoms with E-state index in [-0.39, 0.29) is 6.29 Å². The van der Waals surface area contributed by atoms with Crippen molar-refractivity contribution in [3.05, 3.63) is 41.5 Å². The van der Waals surface area contributed by atoms with Gasteiger partial charge in [0.05, 0.1) is 13.7 Å². The minimum Gasteiger partial charge on any atom is -0.497 e. The van der Waals surface area contributed by atoms with Crippen LogP contribution in [0.25, 0.3) is 11.8 Å². The third-order valence-corrected chi connectivity index (χ3v) is 4.00. The van der Waals surface area contributed by atoms with Crippen LogP contribution in [-0.4, -0.2) is 26.6 Å². The molecule has 126 valence electrons. The normalized spacial score (nSPS) is 18.7. The molecule has 0 aliphatic carbocycles. The summed E-state index contributed by atoms with van der Waals surface area (Å²) in [6.07, 6.45) is 6.27. The number of rotatable bonds is 7. The molecule has 1 aliphatic heterocycles. The lowest BCUT2D eigenvalue weighted by Crippen LogP contribution is -2.22. The predicted octanol–water partition coefficient (Wildman–Crippen LogP) is 4.22. The Kier molecular flexibility index (Phi) is 6.68. The molecule has 1 aromatic rings. The maximum Gasteiger partial charge on any atom is 0.157 e. The summed E-state index contributed by atoms with van der Waals surface area (Å²) in [7, 11) is 1.60. The lowest BCUT2D eigenvalue weighted by atomic mass is 10.0. The highest BCUT2D eigenvalue weighted by Gasteiger charge is 2.13. The maximum atomic E-state index is 6.12. The molecule has 0 amide bonds. The number of nitrogen functional groups attached to an aromatic ring is 1. The SMILES string of the molecule is C=C(OC)c1ccc(/C=C(\C)CCOC2CCCCO2)c(N)c1. The molecule has 1 unspecified atom stereocenters. The topological polar surface area (TPSA) is 53.7 Å². The van der Waals surface area contributed by atoms with Crippen LogP contribution in [-0.2, 0) is 14.2 Å². The van der Waals surface area contributed by atoms with E-state index >= 15 is 0 Å². The molecule has 0 spiro atoms. The molecule has 0 radical (unpaired) electrons. The molecule has 1 aliphatic rings. The molecule has 2 rings (SSSR count). The van der Waals surface area contributed by atoms with Crippen LogP contribution in [0.2, 0.25) is 0 Å². The fraction of sp³-hybridized carbons (Fsp3) is 0.474. The molecular weight excluding hydrogens is 290 g/mol. The van der Waals surface area contributed by atoms with Gasteiger partial charge in [-0.15, -0.1) is 0 Å². The van der Waals surface area contributed by atoms with Crippen LogP contribution in [0.15, 0.2) is 30.4 Å². The van der Waals surface area contributed by atoms with Gasteiger partial charge >= 0.3 is 0 Å². The summed E-state index contributed by atoms with van der Waals surface area (Å²) < 4.78 is 16.5. The molecule has 4 nitrogen and oxygen atoms in total. The smallest absolute Gasteiger partial charge is 0.157 e. The summed E-state index contributed by atoms with van der Waals surface area (Å²) in [4.78, 5) is 0. The Labute approximate surface area is 138 Å². The average Bonchev–Trinajstić information content (AvgIpc) is 2.57. The van der Waals surface area contributed by atoms with Crippen LogP contribution >= 0.6 is 0 Å². The Hall–Kier alpha value is -1.78. The predicted molar refractivity (Wildman–Crippen MR) is 94.7 cm³/mol. The van der Waals surface area contributed by atoms with E-state index in [4.69, 9.17) is 19.9 Å². The van der Waals surface area contributed by atoms with Crippen molar-refractivity contribution < 1.29 is 14.2 Å². The number of hydrogen-bond acceptors (Lipinski definition) is 4. The van der Waals surface area contributed by atoms with Crippen LogP contribution < -0.4 is 5.73 Å². The molecule has 4 heteroatoms. The van der Waals surface area contributed by atoms with Crippen molar-refractivity contribution in [2.24, 2.45) is 0 Å². The number of hydrogen-bond donors (Lipinski definition) is 1. The van der Waals surface area contributed by atoms with Gasteiger partial charge in [0.25, 0.3) is 0 Å². The summed E-state index contributed by atoms with van der Waals surface area (Å²) in [5, 5.41) is 0. The zero-order valence-electron chi connectivity index (χ0n) is 14.1. The number of anilines is 1. The Bertz CT molecular complexity index is 560. The van der Waals surface area contributed by atoms with Gasteiger partial charge in [-0.3, -0.25) is 0 Å². The molecule has 1 atom stereocenters.